The molecule has 1 spiro atoms. The molecule has 3 aliphatic heterocycles. The predicted octanol–water partition coefficient (Wildman–Crippen LogP) is 4.87. The lowest BCUT2D eigenvalue weighted by atomic mass is 9.75. The molecule has 37 heavy (non-hydrogen) atoms. The van der Waals surface area contributed by atoms with E-state index in [0.29, 0.717) is 42.8 Å². The molecule has 3 atom stereocenters. The zero-order chi connectivity index (χ0) is 24.9. The van der Waals surface area contributed by atoms with E-state index in [2.05, 4.69) is 27.3 Å². The number of fused-ring (bicyclic) bond motifs is 4. The number of rotatable bonds is 4. The number of imide groups is 1. The fourth-order valence-corrected chi connectivity index (χ4v) is 8.50. The van der Waals surface area contributed by atoms with Gasteiger partial charge in [-0.25, -0.2) is 9.97 Å². The van der Waals surface area contributed by atoms with E-state index in [4.69, 9.17) is 16.6 Å². The number of halogens is 1. The lowest BCUT2D eigenvalue weighted by Gasteiger charge is -2.41. The maximum atomic E-state index is 12.2. The standard InChI is InChI=1S/C28H28ClN5O2S/c29-16-7-20-19-6-15(19)12-33(17-10-28(32-11-17)4-1-5-28)26(20)21(8-16)25-27-22(30-14-31-25)9-18(37-27)13-34-23(35)2-3-24(34)36/h7-9,14-15,17,19,32H,1-6,10-13H2/t15-,17?,19-/m1/s1. The minimum absolute atomic E-state index is 0.0956. The van der Waals surface area contributed by atoms with Crippen LogP contribution in [0.1, 0.15) is 61.3 Å². The Hall–Kier alpha value is -2.55. The number of hydrogen-bond donors (Lipinski definition) is 1. The first kappa shape index (κ1) is 22.4. The second-order valence-corrected chi connectivity index (χ2v) is 13.1. The van der Waals surface area contributed by atoms with Crippen LogP contribution in [0.2, 0.25) is 5.02 Å². The topological polar surface area (TPSA) is 78.4 Å². The molecule has 9 heteroatoms. The highest BCUT2D eigenvalue weighted by Gasteiger charge is 2.51. The Morgan fingerprint density at radius 1 is 1.14 bits per heavy atom. The van der Waals surface area contributed by atoms with Crippen molar-refractivity contribution >= 4 is 50.7 Å². The normalized spacial score (nSPS) is 27.6. The van der Waals surface area contributed by atoms with Gasteiger partial charge in [-0.2, -0.15) is 0 Å². The van der Waals surface area contributed by atoms with Crippen molar-refractivity contribution in [2.75, 3.05) is 18.0 Å². The van der Waals surface area contributed by atoms with Gasteiger partial charge in [0.2, 0.25) is 11.8 Å². The Balaban J connectivity index is 1.23. The highest BCUT2D eigenvalue weighted by Crippen LogP contribution is 2.59. The quantitative estimate of drug-likeness (QED) is 0.482. The molecular formula is C28H28ClN5O2S. The molecule has 2 saturated heterocycles. The van der Waals surface area contributed by atoms with Crippen molar-refractivity contribution in [3.63, 3.8) is 0 Å². The lowest BCUT2D eigenvalue weighted by Crippen LogP contribution is -2.46. The minimum atomic E-state index is -0.0956. The SMILES string of the molecule is O=C1CCC(=O)N1Cc1cc2ncnc(-c3cc(Cl)cc4c3N(C3CNC5(CCC5)C3)C[C@H]3C[C@@H]43)c2s1. The molecule has 2 aromatic heterocycles. The first-order chi connectivity index (χ1) is 18.0. The summed E-state index contributed by atoms with van der Waals surface area (Å²) in [5, 5.41) is 4.62. The van der Waals surface area contributed by atoms with Gasteiger partial charge in [-0.05, 0) is 67.7 Å². The van der Waals surface area contributed by atoms with Crippen LogP contribution in [-0.4, -0.2) is 51.4 Å². The van der Waals surface area contributed by atoms with E-state index in [1.807, 2.05) is 6.07 Å². The van der Waals surface area contributed by atoms with E-state index in [0.717, 1.165) is 44.5 Å². The monoisotopic (exact) mass is 533 g/mol. The second-order valence-electron chi connectivity index (χ2n) is 11.5. The zero-order valence-electron chi connectivity index (χ0n) is 20.5. The third kappa shape index (κ3) is 3.48. The summed E-state index contributed by atoms with van der Waals surface area (Å²) in [5.41, 5.74) is 5.83. The molecule has 7 nitrogen and oxygen atoms in total. The smallest absolute Gasteiger partial charge is 0.230 e. The molecule has 0 radical (unpaired) electrons. The predicted molar refractivity (Wildman–Crippen MR) is 144 cm³/mol. The molecule has 4 fully saturated rings. The third-order valence-corrected chi connectivity index (χ3v) is 10.7. The number of carbonyl (C=O) groups is 2. The molecule has 1 N–H and O–H groups in total. The highest BCUT2D eigenvalue weighted by molar-refractivity contribution is 7.19. The van der Waals surface area contributed by atoms with Crippen LogP contribution in [0.4, 0.5) is 5.69 Å². The van der Waals surface area contributed by atoms with Crippen LogP contribution in [0.3, 0.4) is 0 Å². The lowest BCUT2D eigenvalue weighted by molar-refractivity contribution is -0.138. The number of anilines is 1. The Bertz CT molecular complexity index is 1470. The van der Waals surface area contributed by atoms with Crippen molar-refractivity contribution in [1.82, 2.24) is 20.2 Å². The largest absolute Gasteiger partial charge is 0.366 e. The van der Waals surface area contributed by atoms with Crippen LogP contribution in [0.15, 0.2) is 24.5 Å². The van der Waals surface area contributed by atoms with Crippen LogP contribution in [0.25, 0.3) is 21.5 Å². The Morgan fingerprint density at radius 2 is 1.97 bits per heavy atom. The van der Waals surface area contributed by atoms with Crippen molar-refractivity contribution in [2.45, 2.75) is 69.0 Å². The molecule has 2 saturated carbocycles. The van der Waals surface area contributed by atoms with E-state index in [1.165, 1.54) is 48.3 Å². The van der Waals surface area contributed by atoms with Crippen LogP contribution >= 0.6 is 22.9 Å². The van der Waals surface area contributed by atoms with E-state index in [-0.39, 0.29) is 11.8 Å². The minimum Gasteiger partial charge on any atom is -0.366 e. The number of nitrogens with zero attached hydrogens (tertiary/aromatic N) is 4. The summed E-state index contributed by atoms with van der Waals surface area (Å²) < 4.78 is 0.985. The fourth-order valence-electron chi connectivity index (χ4n) is 7.17. The maximum absolute atomic E-state index is 12.2. The average molecular weight is 534 g/mol. The van der Waals surface area contributed by atoms with Gasteiger partial charge in [0.1, 0.15) is 6.33 Å². The molecule has 5 heterocycles. The summed E-state index contributed by atoms with van der Waals surface area (Å²) in [4.78, 5) is 38.8. The van der Waals surface area contributed by atoms with Gasteiger partial charge >= 0.3 is 0 Å². The van der Waals surface area contributed by atoms with Gasteiger partial charge in [-0.1, -0.05) is 11.6 Å². The fraction of sp³-hybridized carbons (Fsp3) is 0.500. The molecule has 2 amide bonds. The van der Waals surface area contributed by atoms with Gasteiger partial charge in [0.25, 0.3) is 0 Å². The van der Waals surface area contributed by atoms with Crippen LogP contribution in [0, 0.1) is 5.92 Å². The Kier molecular flexibility index (Phi) is 4.84. The van der Waals surface area contributed by atoms with E-state index < -0.39 is 0 Å². The van der Waals surface area contributed by atoms with Crippen LogP contribution in [-0.2, 0) is 16.1 Å². The number of nitrogens with one attached hydrogen (secondary N) is 1. The number of hydrogen-bond acceptors (Lipinski definition) is 7. The van der Waals surface area contributed by atoms with E-state index in [1.54, 1.807) is 17.7 Å². The summed E-state index contributed by atoms with van der Waals surface area (Å²) in [6.45, 7) is 2.43. The van der Waals surface area contributed by atoms with Crippen molar-refractivity contribution < 1.29 is 9.59 Å². The van der Waals surface area contributed by atoms with Crippen molar-refractivity contribution in [2.24, 2.45) is 5.92 Å². The van der Waals surface area contributed by atoms with Gasteiger partial charge in [-0.15, -0.1) is 11.3 Å². The number of aromatic nitrogens is 2. The summed E-state index contributed by atoms with van der Waals surface area (Å²) >= 11 is 8.33. The molecule has 190 valence electrons. The molecule has 1 aromatic carbocycles. The molecule has 2 aliphatic carbocycles. The summed E-state index contributed by atoms with van der Waals surface area (Å²) in [6, 6.07) is 6.73. The maximum Gasteiger partial charge on any atom is 0.230 e. The molecule has 5 aliphatic rings. The summed E-state index contributed by atoms with van der Waals surface area (Å²) in [6.07, 6.45) is 8.57. The van der Waals surface area contributed by atoms with E-state index >= 15 is 0 Å². The van der Waals surface area contributed by atoms with Crippen LogP contribution in [0.5, 0.6) is 0 Å². The molecule has 0 bridgehead atoms. The van der Waals surface area contributed by atoms with Gasteiger partial charge in [-0.3, -0.25) is 14.5 Å². The number of benzene rings is 1. The van der Waals surface area contributed by atoms with Crippen molar-refractivity contribution in [3.8, 4) is 11.3 Å². The van der Waals surface area contributed by atoms with Gasteiger partial charge in [0.05, 0.1) is 28.1 Å². The first-order valence-corrected chi connectivity index (χ1v) is 14.6. The molecule has 8 rings (SSSR count). The van der Waals surface area contributed by atoms with Gasteiger partial charge in [0, 0.05) is 53.0 Å². The Morgan fingerprint density at radius 3 is 2.73 bits per heavy atom. The zero-order valence-corrected chi connectivity index (χ0v) is 22.1. The van der Waals surface area contributed by atoms with Crippen molar-refractivity contribution in [3.05, 3.63) is 40.0 Å². The number of amides is 2. The summed E-state index contributed by atoms with van der Waals surface area (Å²) in [5.74, 6) is 1.11. The number of carbonyl (C=O) groups excluding carboxylic acids is 2. The van der Waals surface area contributed by atoms with Gasteiger partial charge in [0.15, 0.2) is 0 Å². The molecule has 3 aromatic rings. The highest BCUT2D eigenvalue weighted by atomic mass is 35.5. The second kappa shape index (κ2) is 7.98. The third-order valence-electron chi connectivity index (χ3n) is 9.32. The van der Waals surface area contributed by atoms with Gasteiger partial charge < -0.3 is 10.2 Å². The van der Waals surface area contributed by atoms with Crippen molar-refractivity contribution in [1.29, 1.82) is 0 Å². The average Bonchev–Trinajstić information content (AvgIpc) is 3.18. The van der Waals surface area contributed by atoms with Crippen LogP contribution < -0.4 is 10.2 Å². The first-order valence-electron chi connectivity index (χ1n) is 13.4. The Labute approximate surface area is 224 Å². The molecular weight excluding hydrogens is 506 g/mol. The molecule has 1 unspecified atom stereocenters. The number of thiophene rings is 1. The van der Waals surface area contributed by atoms with E-state index in [9.17, 15) is 9.59 Å². The summed E-state index contributed by atoms with van der Waals surface area (Å²) in [7, 11) is 0. The number of likely N-dealkylation sites (tertiary alicyclic amines) is 1.